The maximum Gasteiger partial charge on any atom is 0.317 e. The van der Waals surface area contributed by atoms with E-state index in [0.29, 0.717) is 26.2 Å². The molecule has 2 aromatic carbocycles. The van der Waals surface area contributed by atoms with Crippen LogP contribution in [0.5, 0.6) is 0 Å². The van der Waals surface area contributed by atoms with Crippen LogP contribution in [0.25, 0.3) is 0 Å². The number of nitrogens with zero attached hydrogens (tertiary/aromatic N) is 1. The summed E-state index contributed by atoms with van der Waals surface area (Å²) in [6, 6.07) is 18.1. The Labute approximate surface area is 173 Å². The third-order valence-electron chi connectivity index (χ3n) is 5.77. The second-order valence-corrected chi connectivity index (χ2v) is 8.16. The smallest absolute Gasteiger partial charge is 0.317 e. The van der Waals surface area contributed by atoms with Crippen molar-refractivity contribution in [2.75, 3.05) is 19.6 Å². The molecule has 0 bridgehead atoms. The summed E-state index contributed by atoms with van der Waals surface area (Å²) in [7, 11) is 0. The van der Waals surface area contributed by atoms with Gasteiger partial charge in [0.25, 0.3) is 0 Å². The molecule has 0 radical (unpaired) electrons. The lowest BCUT2D eigenvalue weighted by molar-refractivity contribution is -0.132. The van der Waals surface area contributed by atoms with Gasteiger partial charge in [0.15, 0.2) is 0 Å². The molecule has 3 rings (SSSR count). The van der Waals surface area contributed by atoms with Gasteiger partial charge in [0, 0.05) is 26.2 Å². The number of benzene rings is 2. The maximum atomic E-state index is 12.9. The molecule has 0 spiro atoms. The Morgan fingerprint density at radius 2 is 1.76 bits per heavy atom. The molecule has 1 atom stereocenters. The van der Waals surface area contributed by atoms with Gasteiger partial charge in [-0.25, -0.2) is 4.79 Å². The van der Waals surface area contributed by atoms with Crippen LogP contribution < -0.4 is 10.6 Å². The number of rotatable bonds is 6. The molecule has 1 saturated heterocycles. The molecule has 0 aromatic heterocycles. The molecule has 154 valence electrons. The molecule has 2 aromatic rings. The topological polar surface area (TPSA) is 61.4 Å². The molecule has 5 nitrogen and oxygen atoms in total. The van der Waals surface area contributed by atoms with E-state index in [0.717, 1.165) is 24.8 Å². The molecular weight excluding hydrogens is 362 g/mol. The van der Waals surface area contributed by atoms with Crippen molar-refractivity contribution in [3.05, 3.63) is 71.3 Å². The molecular formula is C24H31N3O2. The number of amides is 3. The second-order valence-electron chi connectivity index (χ2n) is 8.16. The van der Waals surface area contributed by atoms with Gasteiger partial charge in [-0.2, -0.15) is 0 Å². The summed E-state index contributed by atoms with van der Waals surface area (Å²) in [6.07, 6.45) is 2.43. The summed E-state index contributed by atoms with van der Waals surface area (Å²) >= 11 is 0. The number of aryl methyl sites for hydroxylation is 1. The zero-order valence-corrected chi connectivity index (χ0v) is 17.4. The highest BCUT2D eigenvalue weighted by Crippen LogP contribution is 2.30. The highest BCUT2D eigenvalue weighted by Gasteiger charge is 2.39. The van der Waals surface area contributed by atoms with E-state index >= 15 is 0 Å². The molecule has 0 saturated carbocycles. The van der Waals surface area contributed by atoms with Crippen LogP contribution in [0.4, 0.5) is 4.79 Å². The van der Waals surface area contributed by atoms with E-state index in [2.05, 4.69) is 22.8 Å². The summed E-state index contributed by atoms with van der Waals surface area (Å²) in [5, 5.41) is 6.08. The number of urea groups is 1. The Morgan fingerprint density at radius 3 is 2.52 bits per heavy atom. The molecule has 5 heteroatoms. The number of nitrogens with one attached hydrogen (secondary N) is 2. The first-order chi connectivity index (χ1) is 14.0. The Hall–Kier alpha value is -2.82. The molecule has 29 heavy (non-hydrogen) atoms. The molecule has 1 heterocycles. The van der Waals surface area contributed by atoms with E-state index in [9.17, 15) is 9.59 Å². The molecule has 1 aliphatic heterocycles. The van der Waals surface area contributed by atoms with Crippen LogP contribution >= 0.6 is 0 Å². The monoisotopic (exact) mass is 393 g/mol. The Bertz CT molecular complexity index is 837. The van der Waals surface area contributed by atoms with Crippen molar-refractivity contribution >= 4 is 11.9 Å². The lowest BCUT2D eigenvalue weighted by atomic mass is 9.81. The van der Waals surface area contributed by atoms with Crippen LogP contribution in [-0.2, 0) is 17.8 Å². The van der Waals surface area contributed by atoms with Crippen molar-refractivity contribution < 1.29 is 9.59 Å². The lowest BCUT2D eigenvalue weighted by Gasteiger charge is -2.39. The van der Waals surface area contributed by atoms with Gasteiger partial charge in [-0.1, -0.05) is 54.6 Å². The second kappa shape index (κ2) is 9.59. The number of piperidine rings is 1. The first-order valence-electron chi connectivity index (χ1n) is 10.4. The standard InChI is InChI=1S/C24H31N3O2/c1-19-9-6-7-12-21(19)17-26-22(28)24(2)14-8-16-27(18-24)23(29)25-15-13-20-10-4-3-5-11-20/h3-7,9-12H,8,13-18H2,1-2H3,(H,25,29)(H,26,28)/t24-/m0/s1. The van der Waals surface area contributed by atoms with Gasteiger partial charge in [0.05, 0.1) is 5.41 Å². The molecule has 2 N–H and O–H groups in total. The first kappa shape index (κ1) is 20.9. The summed E-state index contributed by atoms with van der Waals surface area (Å²) in [5.41, 5.74) is 2.93. The zero-order valence-electron chi connectivity index (χ0n) is 17.4. The SMILES string of the molecule is Cc1ccccc1CNC(=O)[C@@]1(C)CCCN(C(=O)NCCc2ccccc2)C1. The van der Waals surface area contributed by atoms with E-state index in [1.54, 1.807) is 4.90 Å². The van der Waals surface area contributed by atoms with Gasteiger partial charge in [-0.3, -0.25) is 4.79 Å². The fourth-order valence-corrected chi connectivity index (χ4v) is 3.87. The van der Waals surface area contributed by atoms with E-state index in [-0.39, 0.29) is 11.9 Å². The molecule has 1 fully saturated rings. The predicted octanol–water partition coefficient (Wildman–Crippen LogP) is 3.67. The molecule has 3 amide bonds. The van der Waals surface area contributed by atoms with Gasteiger partial charge >= 0.3 is 6.03 Å². The predicted molar refractivity (Wildman–Crippen MR) is 115 cm³/mol. The molecule has 1 aliphatic rings. The minimum Gasteiger partial charge on any atom is -0.351 e. The van der Waals surface area contributed by atoms with Crippen LogP contribution in [0.3, 0.4) is 0 Å². The van der Waals surface area contributed by atoms with Gasteiger partial charge in [0.1, 0.15) is 0 Å². The van der Waals surface area contributed by atoms with Gasteiger partial charge in [-0.05, 0) is 49.8 Å². The van der Waals surface area contributed by atoms with Crippen LogP contribution in [0.1, 0.15) is 36.5 Å². The van der Waals surface area contributed by atoms with Crippen molar-refractivity contribution in [2.45, 2.75) is 39.7 Å². The van der Waals surface area contributed by atoms with Crippen LogP contribution in [0.15, 0.2) is 54.6 Å². The highest BCUT2D eigenvalue weighted by atomic mass is 16.2. The fraction of sp³-hybridized carbons (Fsp3) is 0.417. The average molecular weight is 394 g/mol. The fourth-order valence-electron chi connectivity index (χ4n) is 3.87. The number of hydrogen-bond donors (Lipinski definition) is 2. The lowest BCUT2D eigenvalue weighted by Crippen LogP contribution is -2.54. The van der Waals surface area contributed by atoms with Crippen LogP contribution in [0, 0.1) is 12.3 Å². The average Bonchev–Trinajstić information content (AvgIpc) is 2.73. The number of carbonyl (C=O) groups excluding carboxylic acids is 2. The third-order valence-corrected chi connectivity index (χ3v) is 5.77. The van der Waals surface area contributed by atoms with E-state index < -0.39 is 5.41 Å². The third kappa shape index (κ3) is 5.59. The normalized spacial score (nSPS) is 18.9. The Kier molecular flexibility index (Phi) is 6.91. The quantitative estimate of drug-likeness (QED) is 0.787. The van der Waals surface area contributed by atoms with Crippen LogP contribution in [-0.4, -0.2) is 36.5 Å². The van der Waals surface area contributed by atoms with Gasteiger partial charge in [0.2, 0.25) is 5.91 Å². The number of hydrogen-bond acceptors (Lipinski definition) is 2. The number of likely N-dealkylation sites (tertiary alicyclic amines) is 1. The van der Waals surface area contributed by atoms with Crippen molar-refractivity contribution in [3.63, 3.8) is 0 Å². The van der Waals surface area contributed by atoms with E-state index in [1.807, 2.05) is 56.3 Å². The summed E-state index contributed by atoms with van der Waals surface area (Å²) in [5.74, 6) is 0.0162. The maximum absolute atomic E-state index is 12.9. The summed E-state index contributed by atoms with van der Waals surface area (Å²) < 4.78 is 0. The largest absolute Gasteiger partial charge is 0.351 e. The van der Waals surface area contributed by atoms with E-state index in [4.69, 9.17) is 0 Å². The van der Waals surface area contributed by atoms with Crippen LogP contribution in [0.2, 0.25) is 0 Å². The molecule has 0 unspecified atom stereocenters. The Morgan fingerprint density at radius 1 is 1.03 bits per heavy atom. The van der Waals surface area contributed by atoms with Gasteiger partial charge in [-0.15, -0.1) is 0 Å². The van der Waals surface area contributed by atoms with Crippen molar-refractivity contribution in [1.29, 1.82) is 0 Å². The minimum atomic E-state index is -0.558. The highest BCUT2D eigenvalue weighted by molar-refractivity contribution is 5.84. The van der Waals surface area contributed by atoms with Crippen molar-refractivity contribution in [2.24, 2.45) is 5.41 Å². The van der Waals surface area contributed by atoms with Crippen molar-refractivity contribution in [1.82, 2.24) is 15.5 Å². The van der Waals surface area contributed by atoms with E-state index in [1.165, 1.54) is 11.1 Å². The summed E-state index contributed by atoms with van der Waals surface area (Å²) in [6.45, 7) is 6.26. The minimum absolute atomic E-state index is 0.0162. The van der Waals surface area contributed by atoms with Gasteiger partial charge < -0.3 is 15.5 Å². The summed E-state index contributed by atoms with van der Waals surface area (Å²) in [4.78, 5) is 27.3. The molecule has 0 aliphatic carbocycles. The Balaban J connectivity index is 1.50. The zero-order chi connectivity index (χ0) is 20.7. The number of carbonyl (C=O) groups is 2. The van der Waals surface area contributed by atoms with Crippen molar-refractivity contribution in [3.8, 4) is 0 Å². The first-order valence-corrected chi connectivity index (χ1v) is 10.4.